The van der Waals surface area contributed by atoms with E-state index in [4.69, 9.17) is 30.9 Å². The molecule has 14 nitrogen and oxygen atoms in total. The molecule has 0 saturated heterocycles. The monoisotopic (exact) mass is 690 g/mol. The molecule has 1 atom stereocenters. The first-order valence-corrected chi connectivity index (χ1v) is 15.8. The maximum atomic E-state index is 13.6. The summed E-state index contributed by atoms with van der Waals surface area (Å²) in [6.07, 6.45) is 2.95. The van der Waals surface area contributed by atoms with Crippen LogP contribution in [0.2, 0.25) is 5.02 Å². The molecule has 1 aromatic carbocycles. The number of nitriles is 1. The number of pyridine rings is 1. The van der Waals surface area contributed by atoms with E-state index in [1.54, 1.807) is 59.0 Å². The first kappa shape index (κ1) is 36.4. The normalized spacial score (nSPS) is 11.9. The van der Waals surface area contributed by atoms with Crippen molar-refractivity contribution in [3.05, 3.63) is 86.2 Å². The zero-order chi connectivity index (χ0) is 36.0. The molecule has 0 spiro atoms. The average molecular weight is 691 g/mol. The summed E-state index contributed by atoms with van der Waals surface area (Å²) in [5.41, 5.74) is 1.43. The van der Waals surface area contributed by atoms with Gasteiger partial charge in [0.15, 0.2) is 5.69 Å². The summed E-state index contributed by atoms with van der Waals surface area (Å²) in [6, 6.07) is 9.51. The minimum Gasteiger partial charge on any atom is -0.479 e. The topological polar surface area (TPSA) is 175 Å². The summed E-state index contributed by atoms with van der Waals surface area (Å²) in [6.45, 7) is 10.7. The van der Waals surface area contributed by atoms with Crippen LogP contribution in [0.4, 0.5) is 11.6 Å². The van der Waals surface area contributed by atoms with E-state index in [2.05, 4.69) is 26.7 Å². The number of methoxy groups -OCH3 is 1. The molecular weight excluding hydrogens is 652 g/mol. The maximum Gasteiger partial charge on any atom is 0.359 e. The van der Waals surface area contributed by atoms with Gasteiger partial charge in [-0.05, 0) is 57.4 Å². The summed E-state index contributed by atoms with van der Waals surface area (Å²) < 4.78 is 19.3. The highest BCUT2D eigenvalue weighted by atomic mass is 35.5. The quantitative estimate of drug-likeness (QED) is 0.187. The summed E-state index contributed by atoms with van der Waals surface area (Å²) in [4.78, 5) is 48.0. The average Bonchev–Trinajstić information content (AvgIpc) is 3.44. The molecule has 4 rings (SSSR count). The van der Waals surface area contributed by atoms with Crippen molar-refractivity contribution in [2.45, 2.75) is 59.1 Å². The van der Waals surface area contributed by atoms with Crippen molar-refractivity contribution in [2.75, 3.05) is 30.9 Å². The van der Waals surface area contributed by atoms with Gasteiger partial charge in [-0.3, -0.25) is 9.59 Å². The SMILES string of the molecule is CCOC(=O)c1nn(-c2cnc(NCC(=O)OC(C)(C)C)nc2OC)c(C(C)C)c1C(Nc1cc(Cl)cn(C)c1=O)c1ccc(C#N)cc1. The van der Waals surface area contributed by atoms with E-state index in [1.165, 1.54) is 34.8 Å². The van der Waals surface area contributed by atoms with Crippen molar-refractivity contribution in [3.63, 3.8) is 0 Å². The number of nitrogens with zero attached hydrogens (tertiary/aromatic N) is 6. The second-order valence-electron chi connectivity index (χ2n) is 12.3. The van der Waals surface area contributed by atoms with Crippen molar-refractivity contribution in [1.82, 2.24) is 24.3 Å². The van der Waals surface area contributed by atoms with Crippen LogP contribution >= 0.6 is 11.6 Å². The molecule has 0 fully saturated rings. The van der Waals surface area contributed by atoms with Crippen LogP contribution in [0.25, 0.3) is 5.69 Å². The van der Waals surface area contributed by atoms with Gasteiger partial charge in [0.25, 0.3) is 5.56 Å². The lowest BCUT2D eigenvalue weighted by Crippen LogP contribution is -2.28. The third-order valence-corrected chi connectivity index (χ3v) is 7.26. The molecule has 2 N–H and O–H groups in total. The number of anilines is 2. The van der Waals surface area contributed by atoms with Crippen LogP contribution < -0.4 is 20.9 Å². The van der Waals surface area contributed by atoms with Gasteiger partial charge in [0.1, 0.15) is 23.5 Å². The summed E-state index contributed by atoms with van der Waals surface area (Å²) >= 11 is 6.36. The third-order valence-electron chi connectivity index (χ3n) is 7.05. The van der Waals surface area contributed by atoms with Gasteiger partial charge in [-0.25, -0.2) is 14.5 Å². The Hall–Kier alpha value is -5.42. The highest BCUT2D eigenvalue weighted by Crippen LogP contribution is 2.38. The molecule has 15 heteroatoms. The summed E-state index contributed by atoms with van der Waals surface area (Å²) in [5, 5.41) is 20.7. The Bertz CT molecular complexity index is 1940. The fourth-order valence-electron chi connectivity index (χ4n) is 5.09. The number of ether oxygens (including phenoxy) is 3. The van der Waals surface area contributed by atoms with E-state index in [0.717, 1.165) is 0 Å². The molecule has 1 unspecified atom stereocenters. The molecule has 0 radical (unpaired) electrons. The Morgan fingerprint density at radius 3 is 2.45 bits per heavy atom. The third kappa shape index (κ3) is 8.55. The Labute approximate surface area is 289 Å². The molecular formula is C34H39ClN8O6. The number of nitrogens with one attached hydrogen (secondary N) is 2. The van der Waals surface area contributed by atoms with Crippen LogP contribution in [-0.4, -0.2) is 62.1 Å². The lowest BCUT2D eigenvalue weighted by molar-refractivity contribution is -0.152. The Morgan fingerprint density at radius 2 is 1.86 bits per heavy atom. The van der Waals surface area contributed by atoms with Crippen LogP contribution in [0.5, 0.6) is 5.88 Å². The van der Waals surface area contributed by atoms with Gasteiger partial charge in [-0.2, -0.15) is 15.3 Å². The van der Waals surface area contributed by atoms with E-state index in [0.29, 0.717) is 33.1 Å². The molecule has 0 aliphatic carbocycles. The predicted molar refractivity (Wildman–Crippen MR) is 183 cm³/mol. The zero-order valence-electron chi connectivity index (χ0n) is 28.6. The number of benzene rings is 1. The smallest absolute Gasteiger partial charge is 0.359 e. The standard InChI is InChI=1S/C34H39ClN8O6/c1-9-48-32(46)28-26(27(21-12-10-20(15-36)11-13-21)39-23-14-22(35)18-42(7)31(23)45)29(19(2)3)43(41-28)24-16-37-33(40-30(24)47-8)38-17-25(44)49-34(4,5)6/h10-14,16,18-19,27,39H,9,17H2,1-8H3,(H,37,38,40). The number of aryl methyl sites for hydroxylation is 1. The fraction of sp³-hybridized carbons (Fsp3) is 0.382. The second-order valence-corrected chi connectivity index (χ2v) is 12.7. The van der Waals surface area contributed by atoms with E-state index in [9.17, 15) is 19.6 Å². The van der Waals surface area contributed by atoms with Crippen molar-refractivity contribution < 1.29 is 23.8 Å². The molecule has 4 aromatic rings. The van der Waals surface area contributed by atoms with E-state index < -0.39 is 23.6 Å². The molecule has 258 valence electrons. The number of rotatable bonds is 12. The van der Waals surface area contributed by atoms with Gasteiger partial charge in [0, 0.05) is 18.8 Å². The largest absolute Gasteiger partial charge is 0.479 e. The molecule has 0 aliphatic rings. The van der Waals surface area contributed by atoms with Crippen LogP contribution in [0.1, 0.15) is 86.4 Å². The van der Waals surface area contributed by atoms with Crippen molar-refractivity contribution in [1.29, 1.82) is 5.26 Å². The lowest BCUT2D eigenvalue weighted by atomic mass is 9.91. The van der Waals surface area contributed by atoms with Gasteiger partial charge in [0.05, 0.1) is 48.3 Å². The first-order chi connectivity index (χ1) is 23.2. The molecule has 0 saturated carbocycles. The van der Waals surface area contributed by atoms with Crippen LogP contribution in [0, 0.1) is 11.3 Å². The molecule has 3 aromatic heterocycles. The Balaban J connectivity index is 1.94. The molecule has 49 heavy (non-hydrogen) atoms. The minimum atomic E-state index is -0.855. The predicted octanol–water partition coefficient (Wildman–Crippen LogP) is 5.15. The number of carbonyl (C=O) groups excluding carboxylic acids is 2. The maximum absolute atomic E-state index is 13.6. The number of hydrogen-bond acceptors (Lipinski definition) is 12. The van der Waals surface area contributed by atoms with Gasteiger partial charge in [-0.15, -0.1) is 0 Å². The Kier molecular flexibility index (Phi) is 11.3. The van der Waals surface area contributed by atoms with E-state index in [1.807, 2.05) is 13.8 Å². The van der Waals surface area contributed by atoms with Gasteiger partial charge >= 0.3 is 11.9 Å². The van der Waals surface area contributed by atoms with E-state index >= 15 is 0 Å². The zero-order valence-corrected chi connectivity index (χ0v) is 29.4. The molecule has 0 aliphatic heterocycles. The number of hydrogen-bond donors (Lipinski definition) is 2. The highest BCUT2D eigenvalue weighted by Gasteiger charge is 2.34. The first-order valence-electron chi connectivity index (χ1n) is 15.5. The van der Waals surface area contributed by atoms with E-state index in [-0.39, 0.29) is 47.8 Å². The van der Waals surface area contributed by atoms with Crippen molar-refractivity contribution >= 4 is 35.2 Å². The number of esters is 2. The molecule has 0 bridgehead atoms. The van der Waals surface area contributed by atoms with Crippen LogP contribution in [-0.2, 0) is 21.3 Å². The fourth-order valence-corrected chi connectivity index (χ4v) is 5.34. The van der Waals surface area contributed by atoms with Crippen LogP contribution in [0.15, 0.2) is 47.5 Å². The van der Waals surface area contributed by atoms with Crippen molar-refractivity contribution in [2.24, 2.45) is 7.05 Å². The summed E-state index contributed by atoms with van der Waals surface area (Å²) in [5.74, 6) is -1.27. The van der Waals surface area contributed by atoms with Gasteiger partial charge in [-0.1, -0.05) is 37.6 Å². The Morgan fingerprint density at radius 1 is 1.16 bits per heavy atom. The van der Waals surface area contributed by atoms with Gasteiger partial charge < -0.3 is 29.4 Å². The van der Waals surface area contributed by atoms with Crippen LogP contribution in [0.3, 0.4) is 0 Å². The van der Waals surface area contributed by atoms with Crippen molar-refractivity contribution in [3.8, 4) is 17.6 Å². The van der Waals surface area contributed by atoms with Gasteiger partial charge in [0.2, 0.25) is 11.8 Å². The molecule has 3 heterocycles. The number of aromatic nitrogens is 5. The second kappa shape index (κ2) is 15.2. The molecule has 0 amide bonds. The lowest BCUT2D eigenvalue weighted by Gasteiger charge is -2.24. The number of carbonyl (C=O) groups is 2. The summed E-state index contributed by atoms with van der Waals surface area (Å²) in [7, 11) is 3.00. The highest BCUT2D eigenvalue weighted by molar-refractivity contribution is 6.30. The minimum absolute atomic E-state index is 0.0274. The number of halogens is 1.